The first-order valence-electron chi connectivity index (χ1n) is 8.11. The van der Waals surface area contributed by atoms with Crippen molar-refractivity contribution >= 4 is 6.03 Å². The molecule has 1 aromatic carbocycles. The number of hydrogen-bond acceptors (Lipinski definition) is 3. The van der Waals surface area contributed by atoms with Gasteiger partial charge in [0.1, 0.15) is 11.9 Å². The molecule has 3 rings (SSSR count). The fourth-order valence-electron chi connectivity index (χ4n) is 2.93. The van der Waals surface area contributed by atoms with Crippen LogP contribution < -0.4 is 10.1 Å². The van der Waals surface area contributed by atoms with Crippen LogP contribution in [-0.2, 0) is 26.3 Å². The lowest BCUT2D eigenvalue weighted by molar-refractivity contribution is -0.142. The van der Waals surface area contributed by atoms with Gasteiger partial charge in [0, 0.05) is 30.9 Å². The zero-order chi connectivity index (χ0) is 18.9. The average molecular weight is 368 g/mol. The van der Waals surface area contributed by atoms with Gasteiger partial charge < -0.3 is 15.0 Å². The Hall–Kier alpha value is -2.71. The number of nitrogens with one attached hydrogen (secondary N) is 1. The Balaban J connectivity index is 1.71. The molecule has 1 N–H and O–H groups in total. The van der Waals surface area contributed by atoms with E-state index >= 15 is 0 Å². The van der Waals surface area contributed by atoms with E-state index in [1.807, 2.05) is 31.2 Å². The molecule has 0 fully saturated rings. The van der Waals surface area contributed by atoms with Gasteiger partial charge in [0.15, 0.2) is 5.69 Å². The van der Waals surface area contributed by atoms with Crippen molar-refractivity contribution in [2.75, 3.05) is 6.54 Å². The molecule has 0 bridgehead atoms. The van der Waals surface area contributed by atoms with Crippen LogP contribution in [0.1, 0.15) is 23.7 Å². The third-order valence-electron chi connectivity index (χ3n) is 4.03. The molecule has 1 atom stereocenters. The van der Waals surface area contributed by atoms with Crippen molar-refractivity contribution in [2.45, 2.75) is 32.3 Å². The highest BCUT2D eigenvalue weighted by Gasteiger charge is 2.37. The fraction of sp³-hybridized carbons (Fsp3) is 0.412. The molecule has 6 nitrogen and oxygen atoms in total. The molecule has 0 saturated heterocycles. The Morgan fingerprint density at radius 1 is 1.38 bits per heavy atom. The lowest BCUT2D eigenvalue weighted by Crippen LogP contribution is -2.42. The Kier molecular flexibility index (Phi) is 4.80. The second kappa shape index (κ2) is 6.89. The van der Waals surface area contributed by atoms with Crippen LogP contribution in [-0.4, -0.2) is 33.4 Å². The summed E-state index contributed by atoms with van der Waals surface area (Å²) in [7, 11) is 1.41. The Morgan fingerprint density at radius 3 is 2.85 bits per heavy atom. The average Bonchev–Trinajstić information content (AvgIpc) is 2.85. The SMILES string of the molecule is C[C@@H]1CN(C(=O)NCc2cn(C)nc2C(F)(F)F)Cc2ccccc2O1. The second-order valence-electron chi connectivity index (χ2n) is 6.25. The first-order valence-corrected chi connectivity index (χ1v) is 8.11. The molecular formula is C17H19F3N4O2. The molecule has 26 heavy (non-hydrogen) atoms. The number of amides is 2. The first kappa shape index (κ1) is 18.1. The number of alkyl halides is 3. The summed E-state index contributed by atoms with van der Waals surface area (Å²) in [5.74, 6) is 0.710. The summed E-state index contributed by atoms with van der Waals surface area (Å²) in [5.41, 5.74) is -0.213. The van der Waals surface area contributed by atoms with Crippen LogP contribution in [0.2, 0.25) is 0 Å². The smallest absolute Gasteiger partial charge is 0.435 e. The third-order valence-corrected chi connectivity index (χ3v) is 4.03. The predicted molar refractivity (Wildman–Crippen MR) is 87.4 cm³/mol. The van der Waals surface area contributed by atoms with Gasteiger partial charge in [-0.3, -0.25) is 4.68 Å². The molecule has 0 spiro atoms. The molecule has 2 heterocycles. The molecular weight excluding hydrogens is 349 g/mol. The van der Waals surface area contributed by atoms with E-state index in [1.54, 1.807) is 0 Å². The number of hydrogen-bond donors (Lipinski definition) is 1. The van der Waals surface area contributed by atoms with Crippen molar-refractivity contribution in [3.8, 4) is 5.75 Å². The molecule has 2 aromatic rings. The summed E-state index contributed by atoms with van der Waals surface area (Å²) in [6, 6.07) is 6.94. The minimum absolute atomic E-state index is 0.0760. The predicted octanol–water partition coefficient (Wildman–Crippen LogP) is 2.93. The Labute approximate surface area is 148 Å². The number of fused-ring (bicyclic) bond motifs is 1. The number of carbonyl (C=O) groups is 1. The molecule has 140 valence electrons. The standard InChI is InChI=1S/C17H19F3N4O2/c1-11-8-24(10-12-5-3-4-6-14(12)26-11)16(25)21-7-13-9-23(2)22-15(13)17(18,19)20/h3-6,9,11H,7-8,10H2,1-2H3,(H,21,25)/t11-/m1/s1. The third kappa shape index (κ3) is 3.92. The molecule has 9 heteroatoms. The van der Waals surface area contributed by atoms with Crippen molar-refractivity contribution in [2.24, 2.45) is 7.05 Å². The topological polar surface area (TPSA) is 59.4 Å². The van der Waals surface area contributed by atoms with E-state index in [1.165, 1.54) is 18.1 Å². The van der Waals surface area contributed by atoms with Gasteiger partial charge in [-0.2, -0.15) is 18.3 Å². The number of urea groups is 1. The van der Waals surface area contributed by atoms with Crippen molar-refractivity contribution in [3.05, 3.63) is 47.3 Å². The Morgan fingerprint density at radius 2 is 2.12 bits per heavy atom. The number of halogens is 3. The molecule has 0 saturated carbocycles. The number of benzene rings is 1. The van der Waals surface area contributed by atoms with E-state index in [0.717, 1.165) is 10.2 Å². The number of nitrogens with zero attached hydrogens (tertiary/aromatic N) is 3. The van der Waals surface area contributed by atoms with Crippen molar-refractivity contribution in [1.29, 1.82) is 0 Å². The fourth-order valence-corrected chi connectivity index (χ4v) is 2.93. The summed E-state index contributed by atoms with van der Waals surface area (Å²) >= 11 is 0. The van der Waals surface area contributed by atoms with Gasteiger partial charge in [0.25, 0.3) is 0 Å². The van der Waals surface area contributed by atoms with Gasteiger partial charge in [-0.1, -0.05) is 18.2 Å². The summed E-state index contributed by atoms with van der Waals surface area (Å²) in [6.45, 7) is 2.24. The monoisotopic (exact) mass is 368 g/mol. The number of para-hydroxylation sites is 1. The number of rotatable bonds is 2. The van der Waals surface area contributed by atoms with Crippen LogP contribution in [0.15, 0.2) is 30.5 Å². The van der Waals surface area contributed by atoms with Crippen molar-refractivity contribution < 1.29 is 22.7 Å². The van der Waals surface area contributed by atoms with Crippen LogP contribution in [0.3, 0.4) is 0 Å². The Bertz CT molecular complexity index is 804. The lowest BCUT2D eigenvalue weighted by Gasteiger charge is -2.22. The van der Waals surface area contributed by atoms with Crippen LogP contribution in [0.4, 0.5) is 18.0 Å². The molecule has 1 aliphatic heterocycles. The second-order valence-corrected chi connectivity index (χ2v) is 6.25. The van der Waals surface area contributed by atoms with E-state index in [4.69, 9.17) is 4.74 Å². The highest BCUT2D eigenvalue weighted by atomic mass is 19.4. The normalized spacial score (nSPS) is 17.3. The largest absolute Gasteiger partial charge is 0.489 e. The minimum atomic E-state index is -4.56. The van der Waals surface area contributed by atoms with Gasteiger partial charge in [-0.05, 0) is 13.0 Å². The summed E-state index contributed by atoms with van der Waals surface area (Å²) in [5, 5.41) is 5.99. The molecule has 1 aromatic heterocycles. The summed E-state index contributed by atoms with van der Waals surface area (Å²) in [6.07, 6.45) is -3.54. The van der Waals surface area contributed by atoms with Gasteiger partial charge in [0.2, 0.25) is 0 Å². The molecule has 2 amide bonds. The highest BCUT2D eigenvalue weighted by Crippen LogP contribution is 2.30. The van der Waals surface area contributed by atoms with Crippen LogP contribution in [0, 0.1) is 0 Å². The van der Waals surface area contributed by atoms with E-state index in [2.05, 4.69) is 10.4 Å². The number of carbonyl (C=O) groups excluding carboxylic acids is 1. The first-order chi connectivity index (χ1) is 12.2. The minimum Gasteiger partial charge on any atom is -0.489 e. The van der Waals surface area contributed by atoms with Gasteiger partial charge >= 0.3 is 12.2 Å². The lowest BCUT2D eigenvalue weighted by atomic mass is 10.2. The summed E-state index contributed by atoms with van der Waals surface area (Å²) in [4.78, 5) is 14.0. The number of ether oxygens (including phenoxy) is 1. The van der Waals surface area contributed by atoms with E-state index in [0.29, 0.717) is 18.8 Å². The van der Waals surface area contributed by atoms with Crippen molar-refractivity contribution in [3.63, 3.8) is 0 Å². The van der Waals surface area contributed by atoms with Gasteiger partial charge in [-0.25, -0.2) is 4.79 Å². The highest BCUT2D eigenvalue weighted by molar-refractivity contribution is 5.74. The van der Waals surface area contributed by atoms with Gasteiger partial charge in [0.05, 0.1) is 13.1 Å². The van der Waals surface area contributed by atoms with Crippen LogP contribution in [0.5, 0.6) is 5.75 Å². The zero-order valence-electron chi connectivity index (χ0n) is 14.4. The van der Waals surface area contributed by atoms with E-state index < -0.39 is 17.9 Å². The molecule has 0 aliphatic carbocycles. The van der Waals surface area contributed by atoms with Crippen LogP contribution >= 0.6 is 0 Å². The van der Waals surface area contributed by atoms with E-state index in [-0.39, 0.29) is 18.2 Å². The summed E-state index contributed by atoms with van der Waals surface area (Å²) < 4.78 is 45.9. The molecule has 0 unspecified atom stereocenters. The number of aryl methyl sites for hydroxylation is 1. The van der Waals surface area contributed by atoms with Crippen LogP contribution in [0.25, 0.3) is 0 Å². The zero-order valence-corrected chi connectivity index (χ0v) is 14.4. The number of aromatic nitrogens is 2. The van der Waals surface area contributed by atoms with E-state index in [9.17, 15) is 18.0 Å². The molecule has 0 radical (unpaired) electrons. The van der Waals surface area contributed by atoms with Crippen molar-refractivity contribution in [1.82, 2.24) is 20.0 Å². The van der Waals surface area contributed by atoms with Gasteiger partial charge in [-0.15, -0.1) is 0 Å². The maximum absolute atomic E-state index is 13.0. The maximum Gasteiger partial charge on any atom is 0.435 e. The maximum atomic E-state index is 13.0. The quantitative estimate of drug-likeness (QED) is 0.887. The molecule has 1 aliphatic rings.